The first-order chi connectivity index (χ1) is 13.8. The summed E-state index contributed by atoms with van der Waals surface area (Å²) in [4.78, 5) is 13.2. The standard InChI is InChI=1S/C22H25N3O3S/c1-12-6-8-16(13(2)10-12)24-21(26)19-14(3)23-22(29)25-20(19)15-7-9-17(27-4)18(11-15)28-5/h6-11,19-20H,3H2,1-2,4-5H3,(H,24,26)(H2,23,25,29)/t19-,20+/m0/s1. The van der Waals surface area contributed by atoms with Crippen molar-refractivity contribution in [3.63, 3.8) is 0 Å². The summed E-state index contributed by atoms with van der Waals surface area (Å²) >= 11 is 5.30. The highest BCUT2D eigenvalue weighted by Crippen LogP contribution is 2.36. The smallest absolute Gasteiger partial charge is 0.235 e. The normalized spacial score (nSPS) is 18.5. The van der Waals surface area contributed by atoms with Crippen LogP contribution in [0.5, 0.6) is 11.5 Å². The van der Waals surface area contributed by atoms with Crippen molar-refractivity contribution < 1.29 is 14.3 Å². The molecule has 2 aromatic rings. The summed E-state index contributed by atoms with van der Waals surface area (Å²) in [6.45, 7) is 8.03. The van der Waals surface area contributed by atoms with Crippen molar-refractivity contribution in [1.82, 2.24) is 10.6 Å². The van der Waals surface area contributed by atoms with Gasteiger partial charge < -0.3 is 25.4 Å². The van der Waals surface area contributed by atoms with Crippen LogP contribution in [0.15, 0.2) is 48.7 Å². The van der Waals surface area contributed by atoms with E-state index in [1.54, 1.807) is 14.2 Å². The number of methoxy groups -OCH3 is 2. The van der Waals surface area contributed by atoms with Crippen LogP contribution < -0.4 is 25.4 Å². The molecular weight excluding hydrogens is 386 g/mol. The van der Waals surface area contributed by atoms with Crippen LogP contribution in [0.25, 0.3) is 0 Å². The summed E-state index contributed by atoms with van der Waals surface area (Å²) in [5.41, 5.74) is 4.29. The van der Waals surface area contributed by atoms with E-state index in [1.807, 2.05) is 50.2 Å². The van der Waals surface area contributed by atoms with Gasteiger partial charge in [0.1, 0.15) is 5.92 Å². The summed E-state index contributed by atoms with van der Waals surface area (Å²) in [5.74, 6) is 0.433. The van der Waals surface area contributed by atoms with Crippen LogP contribution in [0.2, 0.25) is 0 Å². The van der Waals surface area contributed by atoms with Gasteiger partial charge in [-0.3, -0.25) is 4.79 Å². The summed E-state index contributed by atoms with van der Waals surface area (Å²) in [7, 11) is 3.16. The monoisotopic (exact) mass is 411 g/mol. The van der Waals surface area contributed by atoms with E-state index >= 15 is 0 Å². The fraction of sp³-hybridized carbons (Fsp3) is 0.273. The van der Waals surface area contributed by atoms with Crippen LogP contribution in [0.4, 0.5) is 5.69 Å². The second kappa shape index (κ2) is 8.53. The van der Waals surface area contributed by atoms with Gasteiger partial charge in [0, 0.05) is 11.4 Å². The molecule has 0 spiro atoms. The summed E-state index contributed by atoms with van der Waals surface area (Å²) in [6, 6.07) is 11.0. The lowest BCUT2D eigenvalue weighted by molar-refractivity contribution is -0.119. The van der Waals surface area contributed by atoms with Crippen LogP contribution in [0.1, 0.15) is 22.7 Å². The summed E-state index contributed by atoms with van der Waals surface area (Å²) in [6.07, 6.45) is 0. The predicted octanol–water partition coefficient (Wildman–Crippen LogP) is 3.61. The van der Waals surface area contributed by atoms with E-state index in [9.17, 15) is 4.79 Å². The van der Waals surface area contributed by atoms with Crippen LogP contribution in [-0.4, -0.2) is 25.2 Å². The van der Waals surface area contributed by atoms with E-state index in [2.05, 4.69) is 22.5 Å². The molecule has 6 nitrogen and oxygen atoms in total. The number of anilines is 1. The van der Waals surface area contributed by atoms with E-state index in [0.717, 1.165) is 22.4 Å². The Morgan fingerprint density at radius 1 is 1.10 bits per heavy atom. The topological polar surface area (TPSA) is 71.6 Å². The minimum atomic E-state index is -0.583. The first-order valence-corrected chi connectivity index (χ1v) is 9.61. The van der Waals surface area contributed by atoms with Crippen molar-refractivity contribution >= 4 is 28.9 Å². The molecule has 1 amide bonds. The quantitative estimate of drug-likeness (QED) is 0.653. The minimum Gasteiger partial charge on any atom is -0.493 e. The minimum absolute atomic E-state index is 0.177. The van der Waals surface area contributed by atoms with Crippen LogP contribution >= 0.6 is 12.2 Å². The molecule has 0 unspecified atom stereocenters. The molecule has 7 heteroatoms. The molecule has 3 N–H and O–H groups in total. The van der Waals surface area contributed by atoms with Crippen LogP contribution in [-0.2, 0) is 4.79 Å². The van der Waals surface area contributed by atoms with Crippen molar-refractivity contribution in [3.05, 3.63) is 65.4 Å². The number of benzene rings is 2. The van der Waals surface area contributed by atoms with Gasteiger partial charge in [-0.2, -0.15) is 0 Å². The predicted molar refractivity (Wildman–Crippen MR) is 118 cm³/mol. The number of hydrogen-bond acceptors (Lipinski definition) is 4. The third kappa shape index (κ3) is 4.35. The summed E-state index contributed by atoms with van der Waals surface area (Å²) < 4.78 is 10.7. The van der Waals surface area contributed by atoms with Gasteiger partial charge in [0.25, 0.3) is 0 Å². The fourth-order valence-corrected chi connectivity index (χ4v) is 3.74. The Kier molecular flexibility index (Phi) is 6.08. The van der Waals surface area contributed by atoms with Gasteiger partial charge in [-0.1, -0.05) is 30.3 Å². The van der Waals surface area contributed by atoms with Crippen molar-refractivity contribution in [2.45, 2.75) is 19.9 Å². The fourth-order valence-electron chi connectivity index (χ4n) is 3.48. The van der Waals surface area contributed by atoms with Gasteiger partial charge in [0.15, 0.2) is 16.6 Å². The maximum atomic E-state index is 13.2. The first kappa shape index (κ1) is 20.7. The van der Waals surface area contributed by atoms with E-state index in [1.165, 1.54) is 0 Å². The molecule has 1 aliphatic heterocycles. The number of thiocarbonyl (C=S) groups is 1. The molecule has 152 valence electrons. The molecule has 2 atom stereocenters. The second-order valence-corrected chi connectivity index (χ2v) is 7.41. The molecule has 0 aliphatic carbocycles. The van der Waals surface area contributed by atoms with Crippen molar-refractivity contribution in [3.8, 4) is 11.5 Å². The molecule has 1 saturated heterocycles. The average molecular weight is 412 g/mol. The maximum Gasteiger partial charge on any atom is 0.235 e. The lowest BCUT2D eigenvalue weighted by Gasteiger charge is -2.35. The second-order valence-electron chi connectivity index (χ2n) is 7.00. The molecule has 2 aromatic carbocycles. The highest BCUT2D eigenvalue weighted by Gasteiger charge is 2.37. The number of rotatable bonds is 5. The number of hydrogen-bond donors (Lipinski definition) is 3. The molecule has 0 aromatic heterocycles. The third-order valence-electron chi connectivity index (χ3n) is 4.96. The zero-order chi connectivity index (χ0) is 21.1. The molecule has 0 saturated carbocycles. The third-order valence-corrected chi connectivity index (χ3v) is 5.18. The number of aryl methyl sites for hydroxylation is 2. The van der Waals surface area contributed by atoms with Gasteiger partial charge in [0.2, 0.25) is 5.91 Å². The molecule has 1 fully saturated rings. The van der Waals surface area contributed by atoms with Gasteiger partial charge in [-0.05, 0) is 55.4 Å². The number of amides is 1. The van der Waals surface area contributed by atoms with Gasteiger partial charge in [0.05, 0.1) is 20.3 Å². The molecule has 1 heterocycles. The Hall–Kier alpha value is -3.06. The number of ether oxygens (including phenoxy) is 2. The number of carbonyl (C=O) groups is 1. The molecule has 3 rings (SSSR count). The van der Waals surface area contributed by atoms with Crippen LogP contribution in [0.3, 0.4) is 0 Å². The van der Waals surface area contributed by atoms with E-state index in [-0.39, 0.29) is 5.91 Å². The van der Waals surface area contributed by atoms with Gasteiger partial charge >= 0.3 is 0 Å². The molecule has 0 bridgehead atoms. The average Bonchev–Trinajstić information content (AvgIpc) is 2.68. The SMILES string of the molecule is C=C1NC(=S)N[C@H](c2ccc(OC)c(OC)c2)[C@H]1C(=O)Nc1ccc(C)cc1C. The Morgan fingerprint density at radius 2 is 1.83 bits per heavy atom. The zero-order valence-electron chi connectivity index (χ0n) is 17.0. The summed E-state index contributed by atoms with van der Waals surface area (Å²) in [5, 5.41) is 9.62. The Morgan fingerprint density at radius 3 is 2.48 bits per heavy atom. The molecular formula is C22H25N3O3S. The number of carbonyl (C=O) groups excluding carboxylic acids is 1. The van der Waals surface area contributed by atoms with Gasteiger partial charge in [-0.25, -0.2) is 0 Å². The molecule has 0 radical (unpaired) electrons. The van der Waals surface area contributed by atoms with Gasteiger partial charge in [-0.15, -0.1) is 0 Å². The zero-order valence-corrected chi connectivity index (χ0v) is 17.8. The van der Waals surface area contributed by atoms with E-state index in [4.69, 9.17) is 21.7 Å². The van der Waals surface area contributed by atoms with E-state index < -0.39 is 12.0 Å². The first-order valence-electron chi connectivity index (χ1n) is 9.20. The molecule has 1 aliphatic rings. The van der Waals surface area contributed by atoms with Crippen molar-refractivity contribution in [2.75, 3.05) is 19.5 Å². The Balaban J connectivity index is 1.94. The maximum absolute atomic E-state index is 13.2. The Bertz CT molecular complexity index is 974. The van der Waals surface area contributed by atoms with Crippen LogP contribution in [0, 0.1) is 19.8 Å². The van der Waals surface area contributed by atoms with Crippen molar-refractivity contribution in [1.29, 1.82) is 0 Å². The lowest BCUT2D eigenvalue weighted by atomic mass is 9.88. The highest BCUT2D eigenvalue weighted by atomic mass is 32.1. The highest BCUT2D eigenvalue weighted by molar-refractivity contribution is 7.80. The number of nitrogens with one attached hydrogen (secondary N) is 3. The largest absolute Gasteiger partial charge is 0.493 e. The van der Waals surface area contributed by atoms with Crippen molar-refractivity contribution in [2.24, 2.45) is 5.92 Å². The molecule has 29 heavy (non-hydrogen) atoms. The van der Waals surface area contributed by atoms with E-state index in [0.29, 0.717) is 22.3 Å². The Labute approximate surface area is 176 Å². The lowest BCUT2D eigenvalue weighted by Crippen LogP contribution is -2.51.